The molecule has 0 spiro atoms. The minimum absolute atomic E-state index is 0.0197. The van der Waals surface area contributed by atoms with Crippen molar-refractivity contribution < 1.29 is 32.2 Å². The third kappa shape index (κ3) is 8.11. The van der Waals surface area contributed by atoms with E-state index in [0.717, 1.165) is 11.1 Å². The van der Waals surface area contributed by atoms with Crippen molar-refractivity contribution in [2.75, 3.05) is 17.2 Å². The van der Waals surface area contributed by atoms with E-state index in [1.54, 1.807) is 6.07 Å². The summed E-state index contributed by atoms with van der Waals surface area (Å²) in [6.07, 6.45) is -3.83. The number of halogens is 4. The summed E-state index contributed by atoms with van der Waals surface area (Å²) in [4.78, 5) is 22.8. The molecule has 0 aliphatic carbocycles. The third-order valence-electron chi connectivity index (χ3n) is 7.32. The molecule has 1 aliphatic heterocycles. The van der Waals surface area contributed by atoms with Crippen LogP contribution in [0.2, 0.25) is 0 Å². The molecule has 5 rings (SSSR count). The van der Waals surface area contributed by atoms with Gasteiger partial charge in [0.05, 0.1) is 17.1 Å². The molecule has 1 fully saturated rings. The highest BCUT2D eigenvalue weighted by Gasteiger charge is 2.33. The van der Waals surface area contributed by atoms with Crippen LogP contribution in [-0.2, 0) is 4.79 Å². The lowest BCUT2D eigenvalue weighted by atomic mass is 9.96. The number of nitrogens with one attached hydrogen (secondary N) is 1. The molecule has 46 heavy (non-hydrogen) atoms. The molecule has 3 aromatic carbocycles. The summed E-state index contributed by atoms with van der Waals surface area (Å²) < 4.78 is 56.5. The third-order valence-corrected chi connectivity index (χ3v) is 8.26. The number of aliphatic hydroxyl groups is 1. The van der Waals surface area contributed by atoms with E-state index in [1.165, 1.54) is 64.1 Å². The van der Waals surface area contributed by atoms with Crippen molar-refractivity contribution in [2.24, 2.45) is 4.99 Å². The smallest absolute Gasteiger partial charge is 0.406 e. The number of aliphatic imine (C=N–C) groups is 1. The maximum atomic E-state index is 13.9. The molecule has 2 unspecified atom stereocenters. The largest absolute Gasteiger partial charge is 0.573 e. The van der Waals surface area contributed by atoms with Crippen molar-refractivity contribution in [3.63, 3.8) is 0 Å². The van der Waals surface area contributed by atoms with E-state index in [2.05, 4.69) is 32.1 Å². The van der Waals surface area contributed by atoms with Crippen molar-refractivity contribution in [3.05, 3.63) is 90.0 Å². The second-order valence-electron chi connectivity index (χ2n) is 11.0. The average Bonchev–Trinajstić information content (AvgIpc) is 3.64. The Kier molecular flexibility index (Phi) is 10.1. The lowest BCUT2D eigenvalue weighted by Crippen LogP contribution is -2.34. The van der Waals surface area contributed by atoms with Gasteiger partial charge in [0.1, 0.15) is 17.9 Å². The summed E-state index contributed by atoms with van der Waals surface area (Å²) in [5.74, 6) is -0.137. The molecule has 0 saturated carbocycles. The summed E-state index contributed by atoms with van der Waals surface area (Å²) in [6.45, 7) is 6.35. The molecule has 1 amide bonds. The second kappa shape index (κ2) is 14.0. The number of ether oxygens (including phenoxy) is 1. The standard InChI is InChI=1S/C32H32F4N6O3S/c1-19(2)26-16-23(33)8-13-27(26)42-28(43)17-46-31(42)39-30(44)37-15-14-20(3)21-4-6-22(7-5-21)29-38-18-41(40-29)24-9-11-25(12-10-24)45-32(34,35)36/h4-13,16,18-20,30,37,44H,14-15,17H2,1-3H3. The molecular formula is C32H32F4N6O3S. The Hall–Kier alpha value is -4.27. The molecule has 0 radical (unpaired) electrons. The van der Waals surface area contributed by atoms with Crippen LogP contribution in [0, 0.1) is 5.82 Å². The molecule has 4 aromatic rings. The first kappa shape index (κ1) is 33.1. The molecule has 0 bridgehead atoms. The second-order valence-corrected chi connectivity index (χ2v) is 11.9. The van der Waals surface area contributed by atoms with Gasteiger partial charge in [-0.25, -0.2) is 19.0 Å². The number of amides is 1. The molecule has 14 heteroatoms. The number of anilines is 1. The van der Waals surface area contributed by atoms with Gasteiger partial charge in [0.2, 0.25) is 12.3 Å². The molecule has 9 nitrogen and oxygen atoms in total. The molecule has 1 saturated heterocycles. The summed E-state index contributed by atoms with van der Waals surface area (Å²) >= 11 is 1.22. The predicted octanol–water partition coefficient (Wildman–Crippen LogP) is 6.59. The number of carbonyl (C=O) groups excluding carboxylic acids is 1. The van der Waals surface area contributed by atoms with Gasteiger partial charge in [0, 0.05) is 5.56 Å². The van der Waals surface area contributed by atoms with Gasteiger partial charge in [-0.05, 0) is 78.4 Å². The number of alkyl halides is 3. The quantitative estimate of drug-likeness (QED) is 0.139. The number of aliphatic hydroxyl groups excluding tert-OH is 1. The van der Waals surface area contributed by atoms with Crippen molar-refractivity contribution in [1.29, 1.82) is 0 Å². The van der Waals surface area contributed by atoms with Gasteiger partial charge in [-0.1, -0.05) is 56.8 Å². The molecule has 2 atom stereocenters. The predicted molar refractivity (Wildman–Crippen MR) is 168 cm³/mol. The minimum atomic E-state index is -4.76. The van der Waals surface area contributed by atoms with E-state index in [9.17, 15) is 27.5 Å². The van der Waals surface area contributed by atoms with Gasteiger partial charge in [-0.15, -0.1) is 18.3 Å². The fraction of sp³-hybridized carbons (Fsp3) is 0.312. The van der Waals surface area contributed by atoms with Crippen molar-refractivity contribution in [2.45, 2.75) is 51.7 Å². The minimum Gasteiger partial charge on any atom is -0.406 e. The highest BCUT2D eigenvalue weighted by molar-refractivity contribution is 8.15. The van der Waals surface area contributed by atoms with Crippen LogP contribution in [0.25, 0.3) is 17.1 Å². The van der Waals surface area contributed by atoms with Crippen molar-refractivity contribution in [3.8, 4) is 22.8 Å². The number of rotatable bonds is 11. The van der Waals surface area contributed by atoms with Crippen LogP contribution in [0.4, 0.5) is 23.2 Å². The summed E-state index contributed by atoms with van der Waals surface area (Å²) in [7, 11) is 0. The molecule has 2 heterocycles. The van der Waals surface area contributed by atoms with Gasteiger partial charge in [0.25, 0.3) is 0 Å². The fourth-order valence-electron chi connectivity index (χ4n) is 4.91. The zero-order valence-corrected chi connectivity index (χ0v) is 26.0. The Labute approximate surface area is 267 Å². The van der Waals surface area contributed by atoms with Crippen LogP contribution in [0.15, 0.2) is 78.0 Å². The van der Waals surface area contributed by atoms with E-state index in [-0.39, 0.29) is 35.1 Å². The maximum absolute atomic E-state index is 13.9. The summed E-state index contributed by atoms with van der Waals surface area (Å²) in [5.41, 5.74) is 3.60. The monoisotopic (exact) mass is 656 g/mol. The first-order valence-corrected chi connectivity index (χ1v) is 15.5. The van der Waals surface area contributed by atoms with Crippen LogP contribution in [0.5, 0.6) is 5.75 Å². The van der Waals surface area contributed by atoms with E-state index in [1.807, 2.05) is 38.1 Å². The number of benzene rings is 3. The first-order valence-electron chi connectivity index (χ1n) is 14.5. The SMILES string of the molecule is CC(C)c1cc(F)ccc1N1C(=O)CSC1=NC(O)NCCC(C)c1ccc(-c2ncn(-c3ccc(OC(F)(F)F)cc3)n2)cc1. The van der Waals surface area contributed by atoms with Gasteiger partial charge >= 0.3 is 6.36 Å². The number of carbonyl (C=O) groups is 1. The summed E-state index contributed by atoms with van der Waals surface area (Å²) in [6, 6.07) is 17.3. The Balaban J connectivity index is 1.16. The zero-order valence-electron chi connectivity index (χ0n) is 25.2. The van der Waals surface area contributed by atoms with Crippen molar-refractivity contribution >= 4 is 28.5 Å². The van der Waals surface area contributed by atoms with Crippen LogP contribution in [0.1, 0.15) is 50.2 Å². The topological polar surface area (TPSA) is 105 Å². The van der Waals surface area contributed by atoms with E-state index >= 15 is 0 Å². The number of nitrogens with zero attached hydrogens (tertiary/aromatic N) is 5. The maximum Gasteiger partial charge on any atom is 0.573 e. The van der Waals surface area contributed by atoms with E-state index < -0.39 is 12.7 Å². The highest BCUT2D eigenvalue weighted by atomic mass is 32.2. The van der Waals surface area contributed by atoms with E-state index in [0.29, 0.717) is 40.9 Å². The molecule has 1 aromatic heterocycles. The summed E-state index contributed by atoms with van der Waals surface area (Å²) in [5, 5.41) is 18.4. The molecular weight excluding hydrogens is 624 g/mol. The number of amidine groups is 1. The van der Waals surface area contributed by atoms with Crippen LogP contribution in [0.3, 0.4) is 0 Å². The van der Waals surface area contributed by atoms with Gasteiger partial charge in [-0.3, -0.25) is 15.0 Å². The zero-order chi connectivity index (χ0) is 33.0. The Morgan fingerprint density at radius 2 is 1.78 bits per heavy atom. The Bertz CT molecular complexity index is 1690. The lowest BCUT2D eigenvalue weighted by molar-refractivity contribution is -0.274. The Morgan fingerprint density at radius 3 is 2.46 bits per heavy atom. The number of thioether (sulfide) groups is 1. The van der Waals surface area contributed by atoms with Crippen LogP contribution < -0.4 is 15.0 Å². The lowest BCUT2D eigenvalue weighted by Gasteiger charge is -2.22. The fourth-order valence-corrected chi connectivity index (χ4v) is 5.80. The van der Waals surface area contributed by atoms with Gasteiger partial charge in [0.15, 0.2) is 11.0 Å². The highest BCUT2D eigenvalue weighted by Crippen LogP contribution is 2.34. The van der Waals surface area contributed by atoms with Gasteiger partial charge < -0.3 is 9.84 Å². The van der Waals surface area contributed by atoms with Crippen LogP contribution >= 0.6 is 11.8 Å². The van der Waals surface area contributed by atoms with Gasteiger partial charge in [-0.2, -0.15) is 0 Å². The molecule has 1 aliphatic rings. The normalized spacial score (nSPS) is 16.0. The molecule has 242 valence electrons. The van der Waals surface area contributed by atoms with Crippen molar-refractivity contribution in [1.82, 2.24) is 20.1 Å². The number of aromatic nitrogens is 3. The first-order chi connectivity index (χ1) is 21.9. The number of hydrogen-bond donors (Lipinski definition) is 2. The van der Waals surface area contributed by atoms with Crippen LogP contribution in [-0.4, -0.2) is 56.0 Å². The Morgan fingerprint density at radius 1 is 1.07 bits per heavy atom. The average molecular weight is 657 g/mol. The molecule has 2 N–H and O–H groups in total. The van der Waals surface area contributed by atoms with E-state index in [4.69, 9.17) is 0 Å². The number of hydrogen-bond acceptors (Lipinski definition) is 8.